The van der Waals surface area contributed by atoms with Crippen LogP contribution < -0.4 is 5.73 Å². The Morgan fingerprint density at radius 1 is 1.50 bits per heavy atom. The SMILES string of the molecule is Cc1cc(C(N)C(C)C)nn1C. The minimum atomic E-state index is 0.0601. The van der Waals surface area contributed by atoms with Gasteiger partial charge in [0.05, 0.1) is 11.7 Å². The Morgan fingerprint density at radius 2 is 2.08 bits per heavy atom. The molecule has 1 unspecified atom stereocenters. The topological polar surface area (TPSA) is 43.8 Å². The third-order valence-electron chi connectivity index (χ3n) is 2.19. The summed E-state index contributed by atoms with van der Waals surface area (Å²) in [5, 5.41) is 4.32. The fraction of sp³-hybridized carbons (Fsp3) is 0.667. The van der Waals surface area contributed by atoms with Crippen LogP contribution in [0.15, 0.2) is 6.07 Å². The van der Waals surface area contributed by atoms with Crippen molar-refractivity contribution in [1.29, 1.82) is 0 Å². The standard InChI is InChI=1S/C9H17N3/c1-6(2)9(10)8-5-7(3)12(4)11-8/h5-6,9H,10H2,1-4H3. The highest BCUT2D eigenvalue weighted by molar-refractivity contribution is 5.12. The van der Waals surface area contributed by atoms with Crippen LogP contribution in [0.3, 0.4) is 0 Å². The molecule has 12 heavy (non-hydrogen) atoms. The molecule has 1 heterocycles. The van der Waals surface area contributed by atoms with Gasteiger partial charge in [-0.25, -0.2) is 0 Å². The van der Waals surface area contributed by atoms with Gasteiger partial charge in [0.2, 0.25) is 0 Å². The fourth-order valence-electron chi connectivity index (χ4n) is 1.09. The number of hydrogen-bond donors (Lipinski definition) is 1. The molecule has 1 rings (SSSR count). The molecule has 0 aliphatic heterocycles. The molecular formula is C9H17N3. The van der Waals surface area contributed by atoms with E-state index < -0.39 is 0 Å². The lowest BCUT2D eigenvalue weighted by Gasteiger charge is -2.11. The summed E-state index contributed by atoms with van der Waals surface area (Å²) in [4.78, 5) is 0. The zero-order valence-corrected chi connectivity index (χ0v) is 8.20. The number of hydrogen-bond acceptors (Lipinski definition) is 2. The second kappa shape index (κ2) is 3.27. The van der Waals surface area contributed by atoms with Crippen molar-refractivity contribution in [3.63, 3.8) is 0 Å². The second-order valence-electron chi connectivity index (χ2n) is 3.60. The van der Waals surface area contributed by atoms with E-state index in [1.807, 2.05) is 24.7 Å². The number of aromatic nitrogens is 2. The zero-order valence-electron chi connectivity index (χ0n) is 8.20. The maximum absolute atomic E-state index is 5.94. The van der Waals surface area contributed by atoms with Crippen molar-refractivity contribution < 1.29 is 0 Å². The molecule has 0 aliphatic carbocycles. The molecule has 0 fully saturated rings. The summed E-state index contributed by atoms with van der Waals surface area (Å²) in [5.41, 5.74) is 8.09. The maximum Gasteiger partial charge on any atom is 0.0797 e. The molecule has 0 amide bonds. The van der Waals surface area contributed by atoms with Crippen LogP contribution in [0.25, 0.3) is 0 Å². The fourth-order valence-corrected chi connectivity index (χ4v) is 1.09. The van der Waals surface area contributed by atoms with Crippen molar-refractivity contribution in [3.8, 4) is 0 Å². The highest BCUT2D eigenvalue weighted by Crippen LogP contribution is 2.17. The third-order valence-corrected chi connectivity index (χ3v) is 2.19. The molecule has 2 N–H and O–H groups in total. The summed E-state index contributed by atoms with van der Waals surface area (Å²) in [6.45, 7) is 6.24. The lowest BCUT2D eigenvalue weighted by Crippen LogP contribution is -2.17. The molecule has 3 nitrogen and oxygen atoms in total. The summed E-state index contributed by atoms with van der Waals surface area (Å²) in [5.74, 6) is 0.444. The molecule has 1 aromatic rings. The first-order chi connectivity index (χ1) is 5.52. The minimum Gasteiger partial charge on any atom is -0.322 e. The van der Waals surface area contributed by atoms with E-state index in [1.54, 1.807) is 0 Å². The zero-order chi connectivity index (χ0) is 9.30. The molecule has 3 heteroatoms. The van der Waals surface area contributed by atoms with E-state index in [0.717, 1.165) is 11.4 Å². The molecule has 1 aromatic heterocycles. The molecular weight excluding hydrogens is 150 g/mol. The third kappa shape index (κ3) is 1.67. The van der Waals surface area contributed by atoms with E-state index in [9.17, 15) is 0 Å². The second-order valence-corrected chi connectivity index (χ2v) is 3.60. The lowest BCUT2D eigenvalue weighted by molar-refractivity contribution is 0.496. The molecule has 0 saturated carbocycles. The number of rotatable bonds is 2. The van der Waals surface area contributed by atoms with E-state index >= 15 is 0 Å². The van der Waals surface area contributed by atoms with E-state index in [-0.39, 0.29) is 6.04 Å². The summed E-state index contributed by atoms with van der Waals surface area (Å²) < 4.78 is 1.86. The van der Waals surface area contributed by atoms with Crippen molar-refractivity contribution in [2.45, 2.75) is 26.8 Å². The Hall–Kier alpha value is -0.830. The average molecular weight is 167 g/mol. The van der Waals surface area contributed by atoms with Crippen molar-refractivity contribution in [3.05, 3.63) is 17.5 Å². The van der Waals surface area contributed by atoms with Crippen LogP contribution in [0, 0.1) is 12.8 Å². The number of aryl methyl sites for hydroxylation is 2. The Labute approximate surface area is 73.6 Å². The van der Waals surface area contributed by atoms with Gasteiger partial charge >= 0.3 is 0 Å². The maximum atomic E-state index is 5.94. The van der Waals surface area contributed by atoms with Gasteiger partial charge in [0.1, 0.15) is 0 Å². The van der Waals surface area contributed by atoms with Crippen molar-refractivity contribution in [1.82, 2.24) is 9.78 Å². The van der Waals surface area contributed by atoms with Gasteiger partial charge in [-0.15, -0.1) is 0 Å². The Kier molecular flexibility index (Phi) is 2.52. The summed E-state index contributed by atoms with van der Waals surface area (Å²) in [6.07, 6.45) is 0. The predicted molar refractivity (Wildman–Crippen MR) is 49.7 cm³/mol. The average Bonchev–Trinajstić information content (AvgIpc) is 2.30. The number of nitrogens with zero attached hydrogens (tertiary/aromatic N) is 2. The van der Waals surface area contributed by atoms with Gasteiger partial charge < -0.3 is 5.73 Å². The quantitative estimate of drug-likeness (QED) is 0.723. The first-order valence-corrected chi connectivity index (χ1v) is 4.28. The number of nitrogens with two attached hydrogens (primary N) is 1. The van der Waals surface area contributed by atoms with E-state index in [1.165, 1.54) is 0 Å². The normalized spacial score (nSPS) is 13.8. The van der Waals surface area contributed by atoms with Crippen molar-refractivity contribution in [2.24, 2.45) is 18.7 Å². The molecule has 0 spiro atoms. The monoisotopic (exact) mass is 167 g/mol. The highest BCUT2D eigenvalue weighted by atomic mass is 15.3. The lowest BCUT2D eigenvalue weighted by atomic mass is 10.0. The first kappa shape index (κ1) is 9.26. The molecule has 68 valence electrons. The molecule has 1 atom stereocenters. The largest absolute Gasteiger partial charge is 0.322 e. The van der Waals surface area contributed by atoms with Crippen LogP contribution in [0.4, 0.5) is 0 Å². The summed E-state index contributed by atoms with van der Waals surface area (Å²) in [6, 6.07) is 2.11. The van der Waals surface area contributed by atoms with Gasteiger partial charge in [-0.1, -0.05) is 13.8 Å². The Balaban J connectivity index is 2.89. The van der Waals surface area contributed by atoms with Crippen molar-refractivity contribution >= 4 is 0 Å². The van der Waals surface area contributed by atoms with Crippen molar-refractivity contribution in [2.75, 3.05) is 0 Å². The molecule has 0 saturated heterocycles. The molecule has 0 bridgehead atoms. The molecule has 0 radical (unpaired) electrons. The molecule has 0 aromatic carbocycles. The van der Waals surface area contributed by atoms with Gasteiger partial charge in [-0.2, -0.15) is 5.10 Å². The highest BCUT2D eigenvalue weighted by Gasteiger charge is 2.13. The van der Waals surface area contributed by atoms with Gasteiger partial charge in [-0.3, -0.25) is 4.68 Å². The Bertz CT molecular complexity index is 243. The smallest absolute Gasteiger partial charge is 0.0797 e. The van der Waals surface area contributed by atoms with Gasteiger partial charge in [-0.05, 0) is 18.9 Å². The van der Waals surface area contributed by atoms with Crippen LogP contribution in [-0.4, -0.2) is 9.78 Å². The van der Waals surface area contributed by atoms with E-state index in [2.05, 4.69) is 18.9 Å². The predicted octanol–water partition coefficient (Wildman–Crippen LogP) is 1.38. The van der Waals surface area contributed by atoms with Crippen LogP contribution in [-0.2, 0) is 7.05 Å². The summed E-state index contributed by atoms with van der Waals surface area (Å²) in [7, 11) is 1.94. The van der Waals surface area contributed by atoms with Crippen LogP contribution in [0.2, 0.25) is 0 Å². The van der Waals surface area contributed by atoms with Gasteiger partial charge in [0.15, 0.2) is 0 Å². The van der Waals surface area contributed by atoms with E-state index in [0.29, 0.717) is 5.92 Å². The van der Waals surface area contributed by atoms with Gasteiger partial charge in [0, 0.05) is 12.7 Å². The van der Waals surface area contributed by atoms with E-state index in [4.69, 9.17) is 5.73 Å². The Morgan fingerprint density at radius 3 is 2.42 bits per heavy atom. The molecule has 0 aliphatic rings. The van der Waals surface area contributed by atoms with Crippen LogP contribution in [0.5, 0.6) is 0 Å². The van der Waals surface area contributed by atoms with Crippen LogP contribution >= 0.6 is 0 Å². The van der Waals surface area contributed by atoms with Gasteiger partial charge in [0.25, 0.3) is 0 Å². The first-order valence-electron chi connectivity index (χ1n) is 4.28. The summed E-state index contributed by atoms with van der Waals surface area (Å²) >= 11 is 0. The van der Waals surface area contributed by atoms with Crippen LogP contribution in [0.1, 0.15) is 31.3 Å². The minimum absolute atomic E-state index is 0.0601.